The Balaban J connectivity index is 1.69. The van der Waals surface area contributed by atoms with Crippen LogP contribution in [0.5, 0.6) is 0 Å². The maximum absolute atomic E-state index is 12.5. The average Bonchev–Trinajstić information content (AvgIpc) is 3.21. The molecule has 4 N–H and O–H groups in total. The van der Waals surface area contributed by atoms with Crippen molar-refractivity contribution in [2.75, 3.05) is 18.5 Å². The Labute approximate surface area is 163 Å². The molecule has 9 heteroatoms. The minimum absolute atomic E-state index is 0.00206. The first-order chi connectivity index (χ1) is 13.3. The van der Waals surface area contributed by atoms with Gasteiger partial charge in [-0.3, -0.25) is 9.59 Å². The fraction of sp³-hybridized carbons (Fsp3) is 0.263. The number of nitrogens with one attached hydrogen (secondary N) is 2. The fourth-order valence-electron chi connectivity index (χ4n) is 2.82. The molecule has 0 bridgehead atoms. The highest BCUT2D eigenvalue weighted by molar-refractivity contribution is 7.89. The molecule has 0 spiro atoms. The molecule has 1 fully saturated rings. The minimum atomic E-state index is -3.75. The van der Waals surface area contributed by atoms with Crippen molar-refractivity contribution < 1.29 is 22.7 Å². The van der Waals surface area contributed by atoms with Gasteiger partial charge in [0.1, 0.15) is 0 Å². The molecule has 3 rings (SSSR count). The summed E-state index contributed by atoms with van der Waals surface area (Å²) in [6.45, 7) is 0.841. The van der Waals surface area contributed by atoms with Gasteiger partial charge in [-0.1, -0.05) is 6.07 Å². The maximum atomic E-state index is 12.5. The molecule has 2 aromatic carbocycles. The van der Waals surface area contributed by atoms with Gasteiger partial charge in [0.15, 0.2) is 0 Å². The molecule has 0 aromatic heterocycles. The molecule has 0 unspecified atom stereocenters. The third-order valence-corrected chi connectivity index (χ3v) is 5.78. The highest BCUT2D eigenvalue weighted by Gasteiger charge is 2.21. The van der Waals surface area contributed by atoms with Crippen molar-refractivity contribution in [2.24, 2.45) is 5.73 Å². The van der Waals surface area contributed by atoms with Crippen LogP contribution in [-0.2, 0) is 14.8 Å². The Hall–Kier alpha value is -2.75. The normalized spacial score (nSPS) is 16.6. The van der Waals surface area contributed by atoms with Crippen molar-refractivity contribution in [3.8, 4) is 0 Å². The monoisotopic (exact) mass is 403 g/mol. The predicted octanol–water partition coefficient (Wildman–Crippen LogP) is 1.50. The van der Waals surface area contributed by atoms with Crippen molar-refractivity contribution in [2.45, 2.75) is 23.8 Å². The van der Waals surface area contributed by atoms with E-state index in [4.69, 9.17) is 10.5 Å². The van der Waals surface area contributed by atoms with E-state index in [2.05, 4.69) is 10.0 Å². The number of carbonyl (C=O) groups excluding carboxylic acids is 2. The first kappa shape index (κ1) is 20.0. The highest BCUT2D eigenvalue weighted by Crippen LogP contribution is 2.16. The summed E-state index contributed by atoms with van der Waals surface area (Å²) in [6, 6.07) is 11.8. The van der Waals surface area contributed by atoms with Crippen LogP contribution in [0.15, 0.2) is 53.4 Å². The van der Waals surface area contributed by atoms with Crippen molar-refractivity contribution in [1.29, 1.82) is 0 Å². The zero-order valence-electron chi connectivity index (χ0n) is 15.1. The van der Waals surface area contributed by atoms with Gasteiger partial charge in [0.2, 0.25) is 15.9 Å². The van der Waals surface area contributed by atoms with Gasteiger partial charge in [0.05, 0.1) is 11.0 Å². The topological polar surface area (TPSA) is 128 Å². The second-order valence-corrected chi connectivity index (χ2v) is 8.18. The van der Waals surface area contributed by atoms with E-state index in [0.717, 1.165) is 12.8 Å². The molecule has 8 nitrogen and oxygen atoms in total. The van der Waals surface area contributed by atoms with Crippen LogP contribution in [0.1, 0.15) is 33.6 Å². The number of hydrogen-bond acceptors (Lipinski definition) is 5. The number of primary amides is 1. The van der Waals surface area contributed by atoms with E-state index in [1.165, 1.54) is 36.4 Å². The number of sulfonamides is 1. The summed E-state index contributed by atoms with van der Waals surface area (Å²) >= 11 is 0. The lowest BCUT2D eigenvalue weighted by Crippen LogP contribution is -2.32. The van der Waals surface area contributed by atoms with Crippen LogP contribution >= 0.6 is 0 Å². The Bertz CT molecular complexity index is 967. The second-order valence-electron chi connectivity index (χ2n) is 6.41. The van der Waals surface area contributed by atoms with E-state index >= 15 is 0 Å². The standard InChI is InChI=1S/C19H21N3O5S/c20-18(23)13-6-8-15(9-7-13)22-19(24)14-3-1-5-17(11-14)28(25,26)21-12-16-4-2-10-27-16/h1,3,5-9,11,16,21H,2,4,10,12H2,(H2,20,23)(H,22,24)/t16-/m0/s1. The van der Waals surface area contributed by atoms with Gasteiger partial charge in [-0.15, -0.1) is 0 Å². The number of nitrogens with two attached hydrogens (primary N) is 1. The Kier molecular flexibility index (Phi) is 6.08. The first-order valence-corrected chi connectivity index (χ1v) is 10.3. The Morgan fingerprint density at radius 2 is 1.86 bits per heavy atom. The molecule has 1 aliphatic rings. The zero-order chi connectivity index (χ0) is 20.1. The first-order valence-electron chi connectivity index (χ1n) is 8.78. The molecular weight excluding hydrogens is 382 g/mol. The molecule has 28 heavy (non-hydrogen) atoms. The van der Waals surface area contributed by atoms with E-state index < -0.39 is 21.8 Å². The predicted molar refractivity (Wildman–Crippen MR) is 104 cm³/mol. The number of benzene rings is 2. The van der Waals surface area contributed by atoms with Gasteiger partial charge in [-0.05, 0) is 55.3 Å². The average molecular weight is 403 g/mol. The molecule has 2 amide bonds. The van der Waals surface area contributed by atoms with E-state index in [1.54, 1.807) is 12.1 Å². The second kappa shape index (κ2) is 8.51. The van der Waals surface area contributed by atoms with Crippen LogP contribution in [0.25, 0.3) is 0 Å². The van der Waals surface area contributed by atoms with Crippen LogP contribution in [0.3, 0.4) is 0 Å². The van der Waals surface area contributed by atoms with Gasteiger partial charge < -0.3 is 15.8 Å². The highest BCUT2D eigenvalue weighted by atomic mass is 32.2. The number of anilines is 1. The van der Waals surface area contributed by atoms with Crippen LogP contribution < -0.4 is 15.8 Å². The molecular formula is C19H21N3O5S. The van der Waals surface area contributed by atoms with Crippen molar-refractivity contribution >= 4 is 27.5 Å². The molecule has 1 saturated heterocycles. The summed E-state index contributed by atoms with van der Waals surface area (Å²) in [5.74, 6) is -1.03. The largest absolute Gasteiger partial charge is 0.377 e. The third kappa shape index (κ3) is 4.94. The molecule has 0 saturated carbocycles. The smallest absolute Gasteiger partial charge is 0.255 e. The van der Waals surface area contributed by atoms with Crippen LogP contribution in [0.2, 0.25) is 0 Å². The molecule has 2 aromatic rings. The van der Waals surface area contributed by atoms with Crippen molar-refractivity contribution in [3.63, 3.8) is 0 Å². The van der Waals surface area contributed by atoms with E-state index in [-0.39, 0.29) is 23.1 Å². The number of amides is 2. The summed E-state index contributed by atoms with van der Waals surface area (Å²) in [4.78, 5) is 23.5. The summed E-state index contributed by atoms with van der Waals surface area (Å²) in [6.07, 6.45) is 1.62. The quantitative estimate of drug-likeness (QED) is 0.645. The van der Waals surface area contributed by atoms with Crippen LogP contribution in [-0.4, -0.2) is 39.5 Å². The number of ether oxygens (including phenoxy) is 1. The van der Waals surface area contributed by atoms with Gasteiger partial charge in [0.25, 0.3) is 5.91 Å². The third-order valence-electron chi connectivity index (χ3n) is 4.36. The number of carbonyl (C=O) groups is 2. The minimum Gasteiger partial charge on any atom is -0.377 e. The SMILES string of the molecule is NC(=O)c1ccc(NC(=O)c2cccc(S(=O)(=O)NC[C@@H]3CCCO3)c2)cc1. The zero-order valence-corrected chi connectivity index (χ0v) is 15.9. The lowest BCUT2D eigenvalue weighted by molar-refractivity contribution is 0.0998. The lowest BCUT2D eigenvalue weighted by Gasteiger charge is -2.12. The summed E-state index contributed by atoms with van der Waals surface area (Å²) in [5, 5.41) is 2.65. The molecule has 1 atom stereocenters. The Morgan fingerprint density at radius 3 is 2.50 bits per heavy atom. The molecule has 0 radical (unpaired) electrons. The van der Waals surface area contributed by atoms with Gasteiger partial charge in [-0.2, -0.15) is 0 Å². The van der Waals surface area contributed by atoms with E-state index in [9.17, 15) is 18.0 Å². The summed E-state index contributed by atoms with van der Waals surface area (Å²) in [7, 11) is -3.75. The van der Waals surface area contributed by atoms with Crippen molar-refractivity contribution in [3.05, 3.63) is 59.7 Å². The molecule has 1 aliphatic heterocycles. The molecule has 148 valence electrons. The van der Waals surface area contributed by atoms with Crippen LogP contribution in [0, 0.1) is 0 Å². The molecule has 0 aliphatic carbocycles. The number of rotatable bonds is 7. The van der Waals surface area contributed by atoms with E-state index in [1.807, 2.05) is 0 Å². The summed E-state index contributed by atoms with van der Waals surface area (Å²) in [5.41, 5.74) is 6.16. The van der Waals surface area contributed by atoms with E-state index in [0.29, 0.717) is 17.9 Å². The number of hydrogen-bond donors (Lipinski definition) is 3. The van der Waals surface area contributed by atoms with Gasteiger partial charge in [0, 0.05) is 30.0 Å². The van der Waals surface area contributed by atoms with Gasteiger partial charge in [-0.25, -0.2) is 13.1 Å². The molecule has 1 heterocycles. The lowest BCUT2D eigenvalue weighted by atomic mass is 10.2. The maximum Gasteiger partial charge on any atom is 0.255 e. The Morgan fingerprint density at radius 1 is 1.11 bits per heavy atom. The van der Waals surface area contributed by atoms with Gasteiger partial charge >= 0.3 is 0 Å². The summed E-state index contributed by atoms with van der Waals surface area (Å²) < 4.78 is 32.9. The van der Waals surface area contributed by atoms with Crippen molar-refractivity contribution in [1.82, 2.24) is 4.72 Å². The van der Waals surface area contributed by atoms with Crippen LogP contribution in [0.4, 0.5) is 5.69 Å². The fourth-order valence-corrected chi connectivity index (χ4v) is 3.93.